The van der Waals surface area contributed by atoms with Crippen LogP contribution in [0.4, 0.5) is 5.69 Å². The Kier molecular flexibility index (Phi) is 5.68. The molecule has 0 bridgehead atoms. The van der Waals surface area contributed by atoms with Crippen molar-refractivity contribution >= 4 is 23.3 Å². The largest absolute Gasteiger partial charge is 0.479 e. The second-order valence-corrected chi connectivity index (χ2v) is 5.98. The first-order valence-electron chi connectivity index (χ1n) is 7.96. The zero-order valence-corrected chi connectivity index (χ0v) is 14.8. The van der Waals surface area contributed by atoms with Crippen molar-refractivity contribution in [1.29, 1.82) is 0 Å². The molecule has 0 aliphatic rings. The number of carbonyl (C=O) groups is 1. The molecule has 3 aromatic rings. The average molecular weight is 384 g/mol. The van der Waals surface area contributed by atoms with E-state index in [4.69, 9.17) is 21.1 Å². The summed E-state index contributed by atoms with van der Waals surface area (Å²) in [5, 5.41) is 11.5. The molecule has 3 aromatic carbocycles. The Hall–Kier alpha value is -3.38. The number of halogens is 1. The van der Waals surface area contributed by atoms with E-state index in [0.717, 1.165) is 11.6 Å². The van der Waals surface area contributed by atoms with Crippen LogP contribution in [-0.4, -0.2) is 10.9 Å². The van der Waals surface area contributed by atoms with Crippen LogP contribution in [0.2, 0.25) is 5.02 Å². The van der Waals surface area contributed by atoms with Gasteiger partial charge in [-0.3, -0.25) is 10.1 Å². The van der Waals surface area contributed by atoms with E-state index in [-0.39, 0.29) is 28.8 Å². The van der Waals surface area contributed by atoms with E-state index in [1.165, 1.54) is 6.07 Å². The highest BCUT2D eigenvalue weighted by atomic mass is 35.5. The van der Waals surface area contributed by atoms with Gasteiger partial charge < -0.3 is 9.47 Å². The standard InChI is InChI=1S/C20H14ClNO5/c21-16-11-17(22(24)25)19(26-13-14-7-3-1-4-8-14)18(12-16)27-20(23)15-9-5-2-6-10-15/h1-12H,13H2. The minimum atomic E-state index is -0.670. The molecule has 6 nitrogen and oxygen atoms in total. The summed E-state index contributed by atoms with van der Waals surface area (Å²) in [6.07, 6.45) is 0. The number of hydrogen-bond acceptors (Lipinski definition) is 5. The van der Waals surface area contributed by atoms with E-state index < -0.39 is 10.9 Å². The number of rotatable bonds is 6. The van der Waals surface area contributed by atoms with E-state index in [0.29, 0.717) is 5.56 Å². The maximum absolute atomic E-state index is 12.3. The van der Waals surface area contributed by atoms with Crippen molar-refractivity contribution in [2.75, 3.05) is 0 Å². The van der Waals surface area contributed by atoms with Crippen molar-refractivity contribution in [3.05, 3.63) is 99.1 Å². The van der Waals surface area contributed by atoms with Crippen LogP contribution in [0.3, 0.4) is 0 Å². The van der Waals surface area contributed by atoms with E-state index >= 15 is 0 Å². The van der Waals surface area contributed by atoms with Gasteiger partial charge in [-0.15, -0.1) is 0 Å². The number of carbonyl (C=O) groups excluding carboxylic acids is 1. The SMILES string of the molecule is O=C(Oc1cc(Cl)cc([N+](=O)[O-])c1OCc1ccccc1)c1ccccc1. The molecule has 0 saturated carbocycles. The molecule has 0 heterocycles. The summed E-state index contributed by atoms with van der Waals surface area (Å²) < 4.78 is 11.0. The Labute approximate surface area is 160 Å². The predicted molar refractivity (Wildman–Crippen MR) is 100 cm³/mol. The summed E-state index contributed by atoms with van der Waals surface area (Å²) in [4.78, 5) is 23.1. The lowest BCUT2D eigenvalue weighted by molar-refractivity contribution is -0.386. The molecular formula is C20H14ClNO5. The molecule has 0 amide bonds. The lowest BCUT2D eigenvalue weighted by Crippen LogP contribution is -2.10. The molecule has 0 aliphatic carbocycles. The fourth-order valence-corrected chi connectivity index (χ4v) is 2.58. The summed E-state index contributed by atoms with van der Waals surface area (Å²) >= 11 is 5.96. The maximum atomic E-state index is 12.3. The van der Waals surface area contributed by atoms with Crippen molar-refractivity contribution in [3.8, 4) is 11.5 Å². The second kappa shape index (κ2) is 8.33. The monoisotopic (exact) mass is 383 g/mol. The van der Waals surface area contributed by atoms with Crippen LogP contribution in [0, 0.1) is 10.1 Å². The highest BCUT2D eigenvalue weighted by molar-refractivity contribution is 6.31. The van der Waals surface area contributed by atoms with Crippen LogP contribution in [0.1, 0.15) is 15.9 Å². The van der Waals surface area contributed by atoms with Gasteiger partial charge in [-0.25, -0.2) is 4.79 Å². The Morgan fingerprint density at radius 1 is 1.00 bits per heavy atom. The van der Waals surface area contributed by atoms with E-state index in [1.54, 1.807) is 30.3 Å². The Bertz CT molecular complexity index is 961. The Morgan fingerprint density at radius 2 is 1.63 bits per heavy atom. The van der Waals surface area contributed by atoms with Gasteiger partial charge in [0, 0.05) is 12.1 Å². The van der Waals surface area contributed by atoms with Gasteiger partial charge in [-0.2, -0.15) is 0 Å². The fraction of sp³-hybridized carbons (Fsp3) is 0.0500. The quantitative estimate of drug-likeness (QED) is 0.257. The van der Waals surface area contributed by atoms with Gasteiger partial charge in [0.1, 0.15) is 6.61 Å². The molecule has 0 aromatic heterocycles. The van der Waals surface area contributed by atoms with Gasteiger partial charge in [0.25, 0.3) is 0 Å². The van der Waals surface area contributed by atoms with E-state index in [2.05, 4.69) is 0 Å². The number of benzene rings is 3. The van der Waals surface area contributed by atoms with Crippen molar-refractivity contribution in [1.82, 2.24) is 0 Å². The third-order valence-electron chi connectivity index (χ3n) is 3.63. The fourth-order valence-electron chi connectivity index (χ4n) is 2.37. The smallest absolute Gasteiger partial charge is 0.343 e. The number of nitro groups is 1. The van der Waals surface area contributed by atoms with Gasteiger partial charge in [-0.05, 0) is 17.7 Å². The molecule has 0 radical (unpaired) electrons. The van der Waals surface area contributed by atoms with Crippen LogP contribution in [0.25, 0.3) is 0 Å². The molecule has 7 heteroatoms. The normalized spacial score (nSPS) is 10.3. The predicted octanol–water partition coefficient (Wildman–Crippen LogP) is 5.05. The molecule has 0 atom stereocenters. The summed E-state index contributed by atoms with van der Waals surface area (Å²) in [7, 11) is 0. The minimum Gasteiger partial charge on any atom is -0.479 e. The first kappa shape index (κ1) is 18.4. The van der Waals surface area contributed by atoms with E-state index in [9.17, 15) is 14.9 Å². The summed E-state index contributed by atoms with van der Waals surface area (Å²) in [5.41, 5.74) is 0.727. The summed E-state index contributed by atoms with van der Waals surface area (Å²) in [6.45, 7) is 0.0687. The lowest BCUT2D eigenvalue weighted by atomic mass is 10.2. The zero-order chi connectivity index (χ0) is 19.2. The molecule has 0 fully saturated rings. The van der Waals surface area contributed by atoms with Gasteiger partial charge in [0.15, 0.2) is 5.75 Å². The van der Waals surface area contributed by atoms with E-state index in [1.807, 2.05) is 30.3 Å². The molecule has 136 valence electrons. The van der Waals surface area contributed by atoms with Gasteiger partial charge >= 0.3 is 11.7 Å². The van der Waals surface area contributed by atoms with Crippen LogP contribution >= 0.6 is 11.6 Å². The highest BCUT2D eigenvalue weighted by Gasteiger charge is 2.24. The summed E-state index contributed by atoms with van der Waals surface area (Å²) in [6, 6.07) is 19.9. The summed E-state index contributed by atoms with van der Waals surface area (Å²) in [5.74, 6) is -0.937. The van der Waals surface area contributed by atoms with Crippen LogP contribution in [-0.2, 0) is 6.61 Å². The number of ether oxygens (including phenoxy) is 2. The molecule has 0 saturated heterocycles. The Morgan fingerprint density at radius 3 is 2.26 bits per heavy atom. The molecular weight excluding hydrogens is 370 g/mol. The number of hydrogen-bond donors (Lipinski definition) is 0. The van der Waals surface area contributed by atoms with Crippen LogP contribution in [0.15, 0.2) is 72.8 Å². The molecule has 3 rings (SSSR count). The number of nitrogens with zero attached hydrogens (tertiary/aromatic N) is 1. The van der Waals surface area contributed by atoms with Crippen molar-refractivity contribution in [2.24, 2.45) is 0 Å². The van der Waals surface area contributed by atoms with Crippen molar-refractivity contribution < 1.29 is 19.2 Å². The van der Waals surface area contributed by atoms with Gasteiger partial charge in [0.2, 0.25) is 5.75 Å². The highest BCUT2D eigenvalue weighted by Crippen LogP contribution is 2.40. The maximum Gasteiger partial charge on any atom is 0.343 e. The zero-order valence-electron chi connectivity index (χ0n) is 14.0. The molecule has 27 heavy (non-hydrogen) atoms. The van der Waals surface area contributed by atoms with Crippen LogP contribution in [0.5, 0.6) is 11.5 Å². The first-order chi connectivity index (χ1) is 13.0. The number of nitro benzene ring substituents is 1. The third kappa shape index (κ3) is 4.62. The van der Waals surface area contributed by atoms with Gasteiger partial charge in [-0.1, -0.05) is 60.1 Å². The Balaban J connectivity index is 1.93. The van der Waals surface area contributed by atoms with Gasteiger partial charge in [0.05, 0.1) is 15.5 Å². The second-order valence-electron chi connectivity index (χ2n) is 5.54. The molecule has 0 aliphatic heterocycles. The van der Waals surface area contributed by atoms with Crippen molar-refractivity contribution in [3.63, 3.8) is 0 Å². The molecule has 0 spiro atoms. The van der Waals surface area contributed by atoms with Crippen molar-refractivity contribution in [2.45, 2.75) is 6.61 Å². The molecule has 0 N–H and O–H groups in total. The van der Waals surface area contributed by atoms with Crippen LogP contribution < -0.4 is 9.47 Å². The topological polar surface area (TPSA) is 78.7 Å². The average Bonchev–Trinajstić information content (AvgIpc) is 2.68. The third-order valence-corrected chi connectivity index (χ3v) is 3.85. The number of esters is 1. The molecule has 0 unspecified atom stereocenters. The lowest BCUT2D eigenvalue weighted by Gasteiger charge is -2.12. The minimum absolute atomic E-state index is 0.0598. The first-order valence-corrected chi connectivity index (χ1v) is 8.34.